The zero-order valence-corrected chi connectivity index (χ0v) is 20.5. The van der Waals surface area contributed by atoms with E-state index in [0.717, 1.165) is 0 Å². The lowest BCUT2D eigenvalue weighted by molar-refractivity contribution is 0.878. The highest BCUT2D eigenvalue weighted by Gasteiger charge is 2.23. The smallest absolute Gasteiger partial charge is 0.0702 e. The highest BCUT2D eigenvalue weighted by Crippen LogP contribution is 2.36. The maximum atomic E-state index is 3.70. The fourth-order valence-corrected chi connectivity index (χ4v) is 6.11. The lowest BCUT2D eigenvalue weighted by Gasteiger charge is -2.26. The molecule has 1 unspecified atom stereocenters. The molecule has 0 saturated carbocycles. The lowest BCUT2D eigenvalue weighted by atomic mass is 9.82. The van der Waals surface area contributed by atoms with Crippen molar-refractivity contribution < 1.29 is 0 Å². The fraction of sp³-hybridized carbons (Fsp3) is 0.0857. The molecule has 1 atom stereocenters. The molecule has 0 radical (unpaired) electrons. The van der Waals surface area contributed by atoms with Gasteiger partial charge in [0.15, 0.2) is 0 Å². The molecule has 0 fully saturated rings. The molecule has 1 aliphatic heterocycles. The summed E-state index contributed by atoms with van der Waals surface area (Å²) in [6.07, 6.45) is 11.1. The van der Waals surface area contributed by atoms with Crippen molar-refractivity contribution in [1.29, 1.82) is 0 Å². The van der Waals surface area contributed by atoms with Crippen LogP contribution in [0.3, 0.4) is 0 Å². The van der Waals surface area contributed by atoms with E-state index in [0.29, 0.717) is 0 Å². The van der Waals surface area contributed by atoms with Crippen molar-refractivity contribution in [3.05, 3.63) is 131 Å². The minimum Gasteiger partial charge on any atom is -0.380 e. The van der Waals surface area contributed by atoms with Crippen LogP contribution in [0, 0.1) is 13.8 Å². The summed E-state index contributed by atoms with van der Waals surface area (Å²) in [7, 11) is 0. The van der Waals surface area contributed by atoms with Crippen molar-refractivity contribution in [2.75, 3.05) is 0 Å². The molecule has 1 aliphatic carbocycles. The molecule has 0 aromatic heterocycles. The van der Waals surface area contributed by atoms with Crippen molar-refractivity contribution in [2.45, 2.75) is 19.9 Å². The zero-order valence-electron chi connectivity index (χ0n) is 20.5. The van der Waals surface area contributed by atoms with Gasteiger partial charge in [-0.15, -0.1) is 0 Å². The van der Waals surface area contributed by atoms with Gasteiger partial charge in [0.05, 0.1) is 6.04 Å². The van der Waals surface area contributed by atoms with E-state index >= 15 is 0 Å². The second-order valence-electron chi connectivity index (χ2n) is 9.92. The van der Waals surface area contributed by atoms with E-state index in [-0.39, 0.29) is 6.04 Å². The SMILES string of the molecule is Cc1ccc(-c2c3c(c(-c4cccc5ccccc45)c4ccccc24)=C2C=CC=CC2NC=3)c(C)c1. The molecule has 172 valence electrons. The first kappa shape index (κ1) is 21.0. The molecule has 7 rings (SSSR count). The van der Waals surface area contributed by atoms with Crippen LogP contribution in [-0.4, -0.2) is 6.04 Å². The van der Waals surface area contributed by atoms with E-state index in [9.17, 15) is 0 Å². The molecule has 1 nitrogen and oxygen atoms in total. The first-order valence-corrected chi connectivity index (χ1v) is 12.7. The summed E-state index contributed by atoms with van der Waals surface area (Å²) in [5.74, 6) is 0. The largest absolute Gasteiger partial charge is 0.380 e. The normalized spacial score (nSPS) is 15.9. The third-order valence-electron chi connectivity index (χ3n) is 7.69. The molecule has 0 amide bonds. The van der Waals surface area contributed by atoms with Crippen molar-refractivity contribution in [2.24, 2.45) is 0 Å². The van der Waals surface area contributed by atoms with Gasteiger partial charge < -0.3 is 5.32 Å². The molecule has 0 spiro atoms. The van der Waals surface area contributed by atoms with E-state index in [1.54, 1.807) is 0 Å². The molecule has 0 saturated heterocycles. The Morgan fingerprint density at radius 1 is 0.667 bits per heavy atom. The van der Waals surface area contributed by atoms with Gasteiger partial charge in [0.2, 0.25) is 0 Å². The maximum Gasteiger partial charge on any atom is 0.0702 e. The van der Waals surface area contributed by atoms with Gasteiger partial charge in [-0.25, -0.2) is 0 Å². The molecule has 1 heterocycles. The third kappa shape index (κ3) is 3.09. The zero-order chi connectivity index (χ0) is 24.2. The van der Waals surface area contributed by atoms with Gasteiger partial charge in [0, 0.05) is 11.4 Å². The van der Waals surface area contributed by atoms with Crippen LogP contribution in [0.15, 0.2) is 109 Å². The topological polar surface area (TPSA) is 12.0 Å². The standard InChI is InChI=1S/C35H27N/c1-22-18-19-25(23(2)20-22)33-28-13-5-6-14-29(28)34(27-16-9-11-24-10-3-4-12-26(24)27)35-30-15-7-8-17-32(30)36-21-31(33)35/h3-21,32,36H,1-2H3. The van der Waals surface area contributed by atoms with Crippen LogP contribution in [0.2, 0.25) is 0 Å². The van der Waals surface area contributed by atoms with Crippen molar-refractivity contribution >= 4 is 33.3 Å². The van der Waals surface area contributed by atoms with Gasteiger partial charge in [-0.3, -0.25) is 0 Å². The summed E-state index contributed by atoms with van der Waals surface area (Å²) < 4.78 is 0. The van der Waals surface area contributed by atoms with Gasteiger partial charge in [0.25, 0.3) is 0 Å². The summed E-state index contributed by atoms with van der Waals surface area (Å²) in [5, 5.41) is 11.5. The highest BCUT2D eigenvalue weighted by atomic mass is 14.9. The number of fused-ring (bicyclic) bond motifs is 4. The van der Waals surface area contributed by atoms with Crippen molar-refractivity contribution in [1.82, 2.24) is 5.32 Å². The maximum absolute atomic E-state index is 3.70. The Labute approximate surface area is 211 Å². The lowest BCUT2D eigenvalue weighted by Crippen LogP contribution is -2.44. The summed E-state index contributed by atoms with van der Waals surface area (Å²) >= 11 is 0. The Hall–Kier alpha value is -4.36. The average Bonchev–Trinajstić information content (AvgIpc) is 2.92. The summed E-state index contributed by atoms with van der Waals surface area (Å²) in [6.45, 7) is 4.40. The van der Waals surface area contributed by atoms with Gasteiger partial charge in [-0.2, -0.15) is 0 Å². The van der Waals surface area contributed by atoms with Crippen molar-refractivity contribution in [3.63, 3.8) is 0 Å². The molecular formula is C35H27N. The number of rotatable bonds is 2. The van der Waals surface area contributed by atoms with E-state index < -0.39 is 0 Å². The Kier molecular flexibility index (Phi) is 4.72. The molecule has 2 aliphatic rings. The molecule has 1 heteroatoms. The number of allylic oxidation sites excluding steroid dienone is 2. The third-order valence-corrected chi connectivity index (χ3v) is 7.69. The average molecular weight is 462 g/mol. The molecule has 5 aromatic rings. The first-order chi connectivity index (χ1) is 17.7. The van der Waals surface area contributed by atoms with Gasteiger partial charge in [0.1, 0.15) is 0 Å². The Morgan fingerprint density at radius 3 is 2.25 bits per heavy atom. The number of hydrogen-bond acceptors (Lipinski definition) is 1. The molecule has 0 bridgehead atoms. The monoisotopic (exact) mass is 461 g/mol. The fourth-order valence-electron chi connectivity index (χ4n) is 6.11. The molecular weight excluding hydrogens is 434 g/mol. The molecule has 1 N–H and O–H groups in total. The minimum atomic E-state index is 0.171. The first-order valence-electron chi connectivity index (χ1n) is 12.7. The minimum absolute atomic E-state index is 0.171. The number of benzene rings is 5. The number of nitrogens with one attached hydrogen (secondary N) is 1. The predicted molar refractivity (Wildman–Crippen MR) is 154 cm³/mol. The summed E-state index contributed by atoms with van der Waals surface area (Å²) in [4.78, 5) is 0. The van der Waals surface area contributed by atoms with E-state index in [1.807, 2.05) is 0 Å². The molecule has 5 aromatic carbocycles. The summed E-state index contributed by atoms with van der Waals surface area (Å²) in [5.41, 5.74) is 9.14. The van der Waals surface area contributed by atoms with Gasteiger partial charge >= 0.3 is 0 Å². The van der Waals surface area contributed by atoms with Crippen molar-refractivity contribution in [3.8, 4) is 22.3 Å². The van der Waals surface area contributed by atoms with E-state index in [4.69, 9.17) is 0 Å². The van der Waals surface area contributed by atoms with Crippen LogP contribution in [0.25, 0.3) is 55.6 Å². The predicted octanol–water partition coefficient (Wildman–Crippen LogP) is 6.93. The number of aryl methyl sites for hydroxylation is 2. The highest BCUT2D eigenvalue weighted by molar-refractivity contribution is 6.11. The Morgan fingerprint density at radius 2 is 1.42 bits per heavy atom. The second-order valence-corrected chi connectivity index (χ2v) is 9.92. The second kappa shape index (κ2) is 8.10. The van der Waals surface area contributed by atoms with Crippen LogP contribution in [0.5, 0.6) is 0 Å². The Bertz CT molecular complexity index is 1880. The van der Waals surface area contributed by atoms with Crippen LogP contribution in [-0.2, 0) is 0 Å². The molecule has 36 heavy (non-hydrogen) atoms. The van der Waals surface area contributed by atoms with Crippen LogP contribution in [0.1, 0.15) is 11.1 Å². The number of hydrogen-bond donors (Lipinski definition) is 1. The van der Waals surface area contributed by atoms with Crippen LogP contribution >= 0.6 is 0 Å². The van der Waals surface area contributed by atoms with Gasteiger partial charge in [-0.05, 0) is 74.0 Å². The summed E-state index contributed by atoms with van der Waals surface area (Å²) in [6, 6.07) is 31.4. The Balaban J connectivity index is 1.76. The van der Waals surface area contributed by atoms with E-state index in [1.165, 1.54) is 70.9 Å². The van der Waals surface area contributed by atoms with Crippen LogP contribution in [0.4, 0.5) is 0 Å². The van der Waals surface area contributed by atoms with Crippen LogP contribution < -0.4 is 15.8 Å². The van der Waals surface area contributed by atoms with Gasteiger partial charge in [-0.1, -0.05) is 115 Å². The van der Waals surface area contributed by atoms with E-state index in [2.05, 4.69) is 135 Å². The quantitative estimate of drug-likeness (QED) is 0.301.